The summed E-state index contributed by atoms with van der Waals surface area (Å²) < 4.78 is 7.36. The maximum atomic E-state index is 5.33. The number of ether oxygens (including phenoxy) is 1. The van der Waals surface area contributed by atoms with Gasteiger partial charge in [0, 0.05) is 0 Å². The quantitative estimate of drug-likeness (QED) is 0.789. The van der Waals surface area contributed by atoms with E-state index in [-0.39, 0.29) is 0 Å². The number of rotatable bonds is 5. The third-order valence-electron chi connectivity index (χ3n) is 2.79. The Bertz CT molecular complexity index is 462. The van der Waals surface area contributed by atoms with E-state index < -0.39 is 0 Å². The summed E-state index contributed by atoms with van der Waals surface area (Å²) in [5.74, 6) is 0.891. The first-order chi connectivity index (χ1) is 8.35. The number of nitrogens with zero attached hydrogens (tertiary/aromatic N) is 2. The van der Waals surface area contributed by atoms with Gasteiger partial charge in [-0.05, 0) is 12.0 Å². The molecule has 90 valence electrons. The van der Waals surface area contributed by atoms with Crippen LogP contribution in [0, 0.1) is 0 Å². The standard InChI is InChI=1S/C14H18N2O/c1-3-7-13-14(17-2)10-15-16(13)11-12-8-5-4-6-9-12/h4-6,8-10H,3,7,11H2,1-2H3. The summed E-state index contributed by atoms with van der Waals surface area (Å²) >= 11 is 0. The van der Waals surface area contributed by atoms with Crippen LogP contribution in [0.4, 0.5) is 0 Å². The van der Waals surface area contributed by atoms with Crippen molar-refractivity contribution in [2.45, 2.75) is 26.3 Å². The Kier molecular flexibility index (Phi) is 3.81. The van der Waals surface area contributed by atoms with Crippen LogP contribution in [0.25, 0.3) is 0 Å². The normalized spacial score (nSPS) is 10.5. The minimum atomic E-state index is 0.805. The lowest BCUT2D eigenvalue weighted by Crippen LogP contribution is -2.06. The number of hydrogen-bond donors (Lipinski definition) is 0. The van der Waals surface area contributed by atoms with Gasteiger partial charge >= 0.3 is 0 Å². The molecule has 3 heteroatoms. The summed E-state index contributed by atoms with van der Waals surface area (Å²) in [4.78, 5) is 0. The van der Waals surface area contributed by atoms with Crippen LogP contribution in [-0.4, -0.2) is 16.9 Å². The van der Waals surface area contributed by atoms with Crippen LogP contribution in [0.1, 0.15) is 24.6 Å². The molecule has 1 aromatic heterocycles. The van der Waals surface area contributed by atoms with E-state index in [0.717, 1.165) is 25.1 Å². The molecule has 0 radical (unpaired) electrons. The molecule has 1 aromatic carbocycles. The summed E-state index contributed by atoms with van der Waals surface area (Å²) in [6, 6.07) is 10.4. The summed E-state index contributed by atoms with van der Waals surface area (Å²) in [5.41, 5.74) is 2.44. The van der Waals surface area contributed by atoms with E-state index in [9.17, 15) is 0 Å². The molecule has 0 saturated carbocycles. The fraction of sp³-hybridized carbons (Fsp3) is 0.357. The molecule has 0 unspecified atom stereocenters. The van der Waals surface area contributed by atoms with Gasteiger partial charge in [-0.15, -0.1) is 0 Å². The fourth-order valence-electron chi connectivity index (χ4n) is 1.95. The van der Waals surface area contributed by atoms with E-state index in [1.807, 2.05) is 10.7 Å². The van der Waals surface area contributed by atoms with Crippen LogP contribution in [0.2, 0.25) is 0 Å². The van der Waals surface area contributed by atoms with Crippen molar-refractivity contribution in [1.29, 1.82) is 0 Å². The zero-order valence-electron chi connectivity index (χ0n) is 10.4. The average Bonchev–Trinajstić information content (AvgIpc) is 2.74. The molecule has 0 saturated heterocycles. The summed E-state index contributed by atoms with van der Waals surface area (Å²) in [6.45, 7) is 2.97. The van der Waals surface area contributed by atoms with E-state index in [4.69, 9.17) is 4.74 Å². The van der Waals surface area contributed by atoms with Crippen LogP contribution in [0.15, 0.2) is 36.5 Å². The molecule has 0 N–H and O–H groups in total. The molecule has 2 rings (SSSR count). The third kappa shape index (κ3) is 2.67. The van der Waals surface area contributed by atoms with Gasteiger partial charge in [0.05, 0.1) is 25.5 Å². The van der Waals surface area contributed by atoms with Gasteiger partial charge in [-0.3, -0.25) is 4.68 Å². The van der Waals surface area contributed by atoms with E-state index in [1.54, 1.807) is 13.3 Å². The molecule has 0 bridgehead atoms. The minimum Gasteiger partial charge on any atom is -0.493 e. The zero-order chi connectivity index (χ0) is 12.1. The van der Waals surface area contributed by atoms with Crippen molar-refractivity contribution >= 4 is 0 Å². The molecule has 1 heterocycles. The molecule has 0 spiro atoms. The number of hydrogen-bond acceptors (Lipinski definition) is 2. The van der Waals surface area contributed by atoms with Gasteiger partial charge in [0.25, 0.3) is 0 Å². The van der Waals surface area contributed by atoms with Crippen LogP contribution in [-0.2, 0) is 13.0 Å². The highest BCUT2D eigenvalue weighted by atomic mass is 16.5. The molecule has 0 atom stereocenters. The maximum absolute atomic E-state index is 5.33. The highest BCUT2D eigenvalue weighted by Crippen LogP contribution is 2.20. The van der Waals surface area contributed by atoms with Crippen molar-refractivity contribution in [3.8, 4) is 5.75 Å². The summed E-state index contributed by atoms with van der Waals surface area (Å²) in [5, 5.41) is 4.39. The zero-order valence-corrected chi connectivity index (χ0v) is 10.4. The summed E-state index contributed by atoms with van der Waals surface area (Å²) in [7, 11) is 1.70. The topological polar surface area (TPSA) is 27.1 Å². The van der Waals surface area contributed by atoms with Crippen LogP contribution >= 0.6 is 0 Å². The van der Waals surface area contributed by atoms with Crippen LogP contribution in [0.5, 0.6) is 5.75 Å². The third-order valence-corrected chi connectivity index (χ3v) is 2.79. The van der Waals surface area contributed by atoms with Crippen LogP contribution in [0.3, 0.4) is 0 Å². The van der Waals surface area contributed by atoms with Gasteiger partial charge < -0.3 is 4.74 Å². The Balaban J connectivity index is 2.23. The Labute approximate surface area is 102 Å². The van der Waals surface area contributed by atoms with E-state index in [1.165, 1.54) is 11.3 Å². The van der Waals surface area contributed by atoms with Gasteiger partial charge in [-0.1, -0.05) is 43.7 Å². The highest BCUT2D eigenvalue weighted by Gasteiger charge is 2.10. The Morgan fingerprint density at radius 2 is 2.00 bits per heavy atom. The lowest BCUT2D eigenvalue weighted by atomic mass is 10.2. The molecule has 0 amide bonds. The molecular weight excluding hydrogens is 212 g/mol. The van der Waals surface area contributed by atoms with Crippen molar-refractivity contribution in [2.75, 3.05) is 7.11 Å². The predicted octanol–water partition coefficient (Wildman–Crippen LogP) is 2.89. The molecule has 0 fully saturated rings. The van der Waals surface area contributed by atoms with Crippen molar-refractivity contribution in [3.63, 3.8) is 0 Å². The lowest BCUT2D eigenvalue weighted by Gasteiger charge is -2.08. The monoisotopic (exact) mass is 230 g/mol. The van der Waals surface area contributed by atoms with Gasteiger partial charge in [0.15, 0.2) is 5.75 Å². The minimum absolute atomic E-state index is 0.805. The Morgan fingerprint density at radius 3 is 2.65 bits per heavy atom. The van der Waals surface area contributed by atoms with Gasteiger partial charge in [0.1, 0.15) is 0 Å². The number of benzene rings is 1. The Morgan fingerprint density at radius 1 is 1.24 bits per heavy atom. The van der Waals surface area contributed by atoms with Crippen molar-refractivity contribution in [1.82, 2.24) is 9.78 Å². The molecule has 3 nitrogen and oxygen atoms in total. The van der Waals surface area contributed by atoms with Crippen molar-refractivity contribution < 1.29 is 4.74 Å². The average molecular weight is 230 g/mol. The van der Waals surface area contributed by atoms with Gasteiger partial charge in [-0.2, -0.15) is 5.10 Å². The Hall–Kier alpha value is -1.77. The lowest BCUT2D eigenvalue weighted by molar-refractivity contribution is 0.407. The highest BCUT2D eigenvalue weighted by molar-refractivity contribution is 5.26. The number of aromatic nitrogens is 2. The second-order valence-corrected chi connectivity index (χ2v) is 4.05. The smallest absolute Gasteiger partial charge is 0.159 e. The van der Waals surface area contributed by atoms with E-state index in [0.29, 0.717) is 0 Å². The summed E-state index contributed by atoms with van der Waals surface area (Å²) in [6.07, 6.45) is 3.89. The number of methoxy groups -OCH3 is 1. The second kappa shape index (κ2) is 5.53. The molecule has 17 heavy (non-hydrogen) atoms. The second-order valence-electron chi connectivity index (χ2n) is 4.05. The SMILES string of the molecule is CCCc1c(OC)cnn1Cc1ccccc1. The van der Waals surface area contributed by atoms with E-state index >= 15 is 0 Å². The van der Waals surface area contributed by atoms with Crippen molar-refractivity contribution in [2.24, 2.45) is 0 Å². The fourth-order valence-corrected chi connectivity index (χ4v) is 1.95. The van der Waals surface area contributed by atoms with Crippen LogP contribution < -0.4 is 4.74 Å². The first-order valence-electron chi connectivity index (χ1n) is 5.97. The first-order valence-corrected chi connectivity index (χ1v) is 5.97. The molecule has 0 aliphatic heterocycles. The molecule has 2 aromatic rings. The maximum Gasteiger partial charge on any atom is 0.159 e. The first kappa shape index (κ1) is 11.7. The molecular formula is C14H18N2O. The largest absolute Gasteiger partial charge is 0.493 e. The predicted molar refractivity (Wildman–Crippen MR) is 68.3 cm³/mol. The van der Waals surface area contributed by atoms with Gasteiger partial charge in [0.2, 0.25) is 0 Å². The molecule has 0 aliphatic carbocycles. The molecule has 0 aliphatic rings. The van der Waals surface area contributed by atoms with E-state index in [2.05, 4.69) is 36.3 Å². The van der Waals surface area contributed by atoms with Crippen molar-refractivity contribution in [3.05, 3.63) is 47.8 Å². The van der Waals surface area contributed by atoms with Gasteiger partial charge in [-0.25, -0.2) is 0 Å².